The van der Waals surface area contributed by atoms with Gasteiger partial charge in [0.2, 0.25) is 0 Å². The van der Waals surface area contributed by atoms with E-state index in [1.165, 1.54) is 33.4 Å². The van der Waals surface area contributed by atoms with E-state index in [1.807, 2.05) is 18.2 Å². The second kappa shape index (κ2) is 4.50. The van der Waals surface area contributed by atoms with Gasteiger partial charge in [-0.2, -0.15) is 0 Å². The maximum Gasteiger partial charge on any atom is 0.0412 e. The molecule has 0 amide bonds. The lowest BCUT2D eigenvalue weighted by molar-refractivity contribution is 1.26. The van der Waals surface area contributed by atoms with Crippen molar-refractivity contribution in [2.24, 2.45) is 0 Å². The Hall–Kier alpha value is -2.05. The zero-order valence-electron chi connectivity index (χ0n) is 10.9. The molecule has 3 aromatic rings. The molecule has 0 saturated carbocycles. The Morgan fingerprint density at radius 1 is 0.700 bits per heavy atom. The highest BCUT2D eigenvalue weighted by Crippen LogP contribution is 2.42. The van der Waals surface area contributed by atoms with Crippen LogP contribution in [0.15, 0.2) is 66.7 Å². The molecule has 4 rings (SSSR count). The predicted molar refractivity (Wildman–Crippen MR) is 85.1 cm³/mol. The fourth-order valence-corrected chi connectivity index (χ4v) is 3.28. The minimum absolute atomic E-state index is 0.784. The maximum absolute atomic E-state index is 6.15. The summed E-state index contributed by atoms with van der Waals surface area (Å²) >= 11 is 6.15. The number of benzene rings is 3. The fraction of sp³-hybridized carbons (Fsp3) is 0.0526. The van der Waals surface area contributed by atoms with Crippen molar-refractivity contribution in [3.8, 4) is 22.3 Å². The van der Waals surface area contributed by atoms with Crippen molar-refractivity contribution in [2.75, 3.05) is 0 Å². The van der Waals surface area contributed by atoms with Crippen LogP contribution in [0, 0.1) is 0 Å². The summed E-state index contributed by atoms with van der Waals surface area (Å²) in [4.78, 5) is 0. The van der Waals surface area contributed by atoms with Gasteiger partial charge in [-0.15, -0.1) is 0 Å². The lowest BCUT2D eigenvalue weighted by Gasteiger charge is -2.10. The highest BCUT2D eigenvalue weighted by molar-refractivity contribution is 6.30. The van der Waals surface area contributed by atoms with Crippen LogP contribution in [0.25, 0.3) is 22.3 Å². The zero-order chi connectivity index (χ0) is 13.5. The van der Waals surface area contributed by atoms with Gasteiger partial charge in [0, 0.05) is 5.02 Å². The Kier molecular flexibility index (Phi) is 2.64. The molecule has 0 atom stereocenters. The summed E-state index contributed by atoms with van der Waals surface area (Å²) in [6.07, 6.45) is 1.03. The SMILES string of the molecule is Clc1cccc(-c2cccc3c2-c2ccccc2C3)c1. The number of hydrogen-bond acceptors (Lipinski definition) is 0. The van der Waals surface area contributed by atoms with Crippen LogP contribution in [0.5, 0.6) is 0 Å². The number of fused-ring (bicyclic) bond motifs is 3. The summed E-state index contributed by atoms with van der Waals surface area (Å²) in [5.41, 5.74) is 8.00. The second-order valence-electron chi connectivity index (χ2n) is 5.18. The van der Waals surface area contributed by atoms with E-state index >= 15 is 0 Å². The Balaban J connectivity index is 2.00. The van der Waals surface area contributed by atoms with Gasteiger partial charge in [-0.1, -0.05) is 66.2 Å². The molecule has 0 radical (unpaired) electrons. The van der Waals surface area contributed by atoms with Gasteiger partial charge in [-0.25, -0.2) is 0 Å². The molecule has 1 aliphatic rings. The van der Waals surface area contributed by atoms with Crippen LogP contribution in [-0.2, 0) is 6.42 Å². The van der Waals surface area contributed by atoms with E-state index in [9.17, 15) is 0 Å². The van der Waals surface area contributed by atoms with Crippen LogP contribution in [-0.4, -0.2) is 0 Å². The van der Waals surface area contributed by atoms with Gasteiger partial charge in [-0.05, 0) is 51.9 Å². The average molecular weight is 277 g/mol. The first-order valence-corrected chi connectivity index (χ1v) is 7.17. The van der Waals surface area contributed by atoms with Crippen LogP contribution in [0.3, 0.4) is 0 Å². The molecule has 96 valence electrons. The second-order valence-corrected chi connectivity index (χ2v) is 5.62. The van der Waals surface area contributed by atoms with Crippen LogP contribution in [0.2, 0.25) is 5.02 Å². The molecule has 3 aromatic carbocycles. The van der Waals surface area contributed by atoms with Crippen molar-refractivity contribution >= 4 is 11.6 Å². The molecule has 0 aliphatic heterocycles. The topological polar surface area (TPSA) is 0 Å². The van der Waals surface area contributed by atoms with Gasteiger partial charge in [0.1, 0.15) is 0 Å². The third-order valence-corrected chi connectivity index (χ3v) is 4.19. The van der Waals surface area contributed by atoms with Gasteiger partial charge in [0.15, 0.2) is 0 Å². The first-order chi connectivity index (χ1) is 9.83. The normalized spacial score (nSPS) is 12.1. The molecule has 0 saturated heterocycles. The van der Waals surface area contributed by atoms with Crippen molar-refractivity contribution < 1.29 is 0 Å². The van der Waals surface area contributed by atoms with Crippen molar-refractivity contribution in [2.45, 2.75) is 6.42 Å². The highest BCUT2D eigenvalue weighted by Gasteiger charge is 2.21. The molecule has 1 heteroatoms. The first kappa shape index (κ1) is 11.7. The number of halogens is 1. The molecule has 0 N–H and O–H groups in total. The number of rotatable bonds is 1. The minimum Gasteiger partial charge on any atom is -0.0843 e. The van der Waals surface area contributed by atoms with E-state index in [2.05, 4.69) is 48.5 Å². The van der Waals surface area contributed by atoms with E-state index in [-0.39, 0.29) is 0 Å². The van der Waals surface area contributed by atoms with Crippen molar-refractivity contribution in [1.82, 2.24) is 0 Å². The quantitative estimate of drug-likeness (QED) is 0.426. The molecule has 0 fully saturated rings. The van der Waals surface area contributed by atoms with Crippen LogP contribution >= 0.6 is 11.6 Å². The standard InChI is InChI=1S/C19H13Cl/c20-16-8-3-6-14(12-16)18-10-4-7-15-11-13-5-1-2-9-17(13)19(15)18/h1-10,12H,11H2. The summed E-state index contributed by atoms with van der Waals surface area (Å²) in [7, 11) is 0. The molecule has 0 unspecified atom stereocenters. The predicted octanol–water partition coefficient (Wildman–Crippen LogP) is 5.58. The monoisotopic (exact) mass is 276 g/mol. The summed E-state index contributed by atoms with van der Waals surface area (Å²) in [6.45, 7) is 0. The molecule has 0 heterocycles. The smallest absolute Gasteiger partial charge is 0.0412 e. The molecule has 0 spiro atoms. The molecule has 0 nitrogen and oxygen atoms in total. The Bertz CT molecular complexity index is 802. The van der Waals surface area contributed by atoms with Crippen molar-refractivity contribution in [3.05, 3.63) is 82.9 Å². The van der Waals surface area contributed by atoms with Crippen LogP contribution in [0.4, 0.5) is 0 Å². The van der Waals surface area contributed by atoms with Gasteiger partial charge in [0.05, 0.1) is 0 Å². The third-order valence-electron chi connectivity index (χ3n) is 3.95. The zero-order valence-corrected chi connectivity index (χ0v) is 11.7. The summed E-state index contributed by atoms with van der Waals surface area (Å²) in [5, 5.41) is 0.784. The average Bonchev–Trinajstić information content (AvgIpc) is 2.85. The molecule has 0 aromatic heterocycles. The van der Waals surface area contributed by atoms with Gasteiger partial charge < -0.3 is 0 Å². The van der Waals surface area contributed by atoms with E-state index in [0.29, 0.717) is 0 Å². The van der Waals surface area contributed by atoms with E-state index in [0.717, 1.165) is 11.4 Å². The highest BCUT2D eigenvalue weighted by atomic mass is 35.5. The number of hydrogen-bond donors (Lipinski definition) is 0. The maximum atomic E-state index is 6.15. The van der Waals surface area contributed by atoms with Crippen molar-refractivity contribution in [1.29, 1.82) is 0 Å². The summed E-state index contributed by atoms with van der Waals surface area (Å²) < 4.78 is 0. The Morgan fingerprint density at radius 2 is 1.45 bits per heavy atom. The lowest BCUT2D eigenvalue weighted by Crippen LogP contribution is -1.85. The molecule has 1 aliphatic carbocycles. The third kappa shape index (κ3) is 1.76. The molecular formula is C19H13Cl. The summed E-state index contributed by atoms with van der Waals surface area (Å²) in [5.74, 6) is 0. The van der Waals surface area contributed by atoms with Gasteiger partial charge in [0.25, 0.3) is 0 Å². The van der Waals surface area contributed by atoms with E-state index in [1.54, 1.807) is 0 Å². The molecule has 0 bridgehead atoms. The van der Waals surface area contributed by atoms with E-state index in [4.69, 9.17) is 11.6 Å². The first-order valence-electron chi connectivity index (χ1n) is 6.79. The van der Waals surface area contributed by atoms with Crippen LogP contribution in [0.1, 0.15) is 11.1 Å². The minimum atomic E-state index is 0.784. The molecular weight excluding hydrogens is 264 g/mol. The Morgan fingerprint density at radius 3 is 2.35 bits per heavy atom. The summed E-state index contributed by atoms with van der Waals surface area (Å²) in [6, 6.07) is 23.3. The van der Waals surface area contributed by atoms with E-state index < -0.39 is 0 Å². The fourth-order valence-electron chi connectivity index (χ4n) is 3.09. The Labute approximate surface area is 123 Å². The molecule has 20 heavy (non-hydrogen) atoms. The largest absolute Gasteiger partial charge is 0.0843 e. The lowest BCUT2D eigenvalue weighted by atomic mass is 9.94. The van der Waals surface area contributed by atoms with Gasteiger partial charge in [-0.3, -0.25) is 0 Å². The van der Waals surface area contributed by atoms with Gasteiger partial charge >= 0.3 is 0 Å². The van der Waals surface area contributed by atoms with Crippen LogP contribution < -0.4 is 0 Å². The van der Waals surface area contributed by atoms with Crippen molar-refractivity contribution in [3.63, 3.8) is 0 Å².